The lowest BCUT2D eigenvalue weighted by molar-refractivity contribution is 0.481. The lowest BCUT2D eigenvalue weighted by Crippen LogP contribution is -2.37. The van der Waals surface area contributed by atoms with E-state index in [9.17, 15) is 17.2 Å². The molecule has 0 bridgehead atoms. The van der Waals surface area contributed by atoms with Gasteiger partial charge in [0.15, 0.2) is 0 Å². The van der Waals surface area contributed by atoms with Crippen molar-refractivity contribution in [2.24, 2.45) is 5.92 Å². The van der Waals surface area contributed by atoms with Crippen LogP contribution in [-0.4, -0.2) is 20.3 Å². The van der Waals surface area contributed by atoms with Gasteiger partial charge in [-0.2, -0.15) is 0 Å². The Kier molecular flexibility index (Phi) is 5.70. The third-order valence-corrected chi connectivity index (χ3v) is 4.37. The number of sulfonamides is 1. The number of hydrogen-bond acceptors (Lipinski definition) is 2. The molecule has 3 nitrogen and oxygen atoms in total. The number of rotatable bonds is 6. The van der Waals surface area contributed by atoms with Crippen LogP contribution in [-0.2, 0) is 10.0 Å². The largest absolute Gasteiger partial charge is 0.243 e. The molecule has 0 aliphatic rings. The zero-order valence-electron chi connectivity index (χ0n) is 10.7. The first-order valence-electron chi connectivity index (χ1n) is 5.79. The Morgan fingerprint density at radius 1 is 1.32 bits per heavy atom. The number of halogens is 3. The summed E-state index contributed by atoms with van der Waals surface area (Å²) in [7, 11) is -4.04. The monoisotopic (exact) mass is 311 g/mol. The summed E-state index contributed by atoms with van der Waals surface area (Å²) in [6.07, 6.45) is 0.533. The van der Waals surface area contributed by atoms with Crippen molar-refractivity contribution in [3.63, 3.8) is 0 Å². The SMILES string of the molecule is CC(C)CC(CCl)NS(=O)(=O)c1ccc(F)cc1F. The summed E-state index contributed by atoms with van der Waals surface area (Å²) in [6.45, 7) is 3.85. The van der Waals surface area contributed by atoms with Crippen LogP contribution in [0.5, 0.6) is 0 Å². The van der Waals surface area contributed by atoms with Gasteiger partial charge in [-0.15, -0.1) is 11.6 Å². The number of alkyl halides is 1. The first-order chi connectivity index (χ1) is 8.76. The van der Waals surface area contributed by atoms with Crippen molar-refractivity contribution in [3.8, 4) is 0 Å². The third kappa shape index (κ3) is 4.71. The van der Waals surface area contributed by atoms with E-state index >= 15 is 0 Å². The molecule has 0 radical (unpaired) electrons. The van der Waals surface area contributed by atoms with E-state index in [0.717, 1.165) is 12.1 Å². The number of nitrogens with one attached hydrogen (secondary N) is 1. The van der Waals surface area contributed by atoms with E-state index in [0.29, 0.717) is 12.5 Å². The van der Waals surface area contributed by atoms with Crippen LogP contribution in [0.1, 0.15) is 20.3 Å². The zero-order valence-corrected chi connectivity index (χ0v) is 12.2. The van der Waals surface area contributed by atoms with Gasteiger partial charge >= 0.3 is 0 Å². The smallest absolute Gasteiger partial charge is 0.207 e. The van der Waals surface area contributed by atoms with Gasteiger partial charge in [0.05, 0.1) is 0 Å². The van der Waals surface area contributed by atoms with Gasteiger partial charge in [0.25, 0.3) is 0 Å². The molecule has 0 aliphatic heterocycles. The van der Waals surface area contributed by atoms with Crippen molar-refractivity contribution < 1.29 is 17.2 Å². The molecule has 19 heavy (non-hydrogen) atoms. The topological polar surface area (TPSA) is 46.2 Å². The molecule has 1 aromatic carbocycles. The van der Waals surface area contributed by atoms with E-state index in [4.69, 9.17) is 11.6 Å². The molecule has 0 heterocycles. The minimum absolute atomic E-state index is 0.0836. The average Bonchev–Trinajstić information content (AvgIpc) is 2.26. The van der Waals surface area contributed by atoms with E-state index in [1.807, 2.05) is 13.8 Å². The lowest BCUT2D eigenvalue weighted by atomic mass is 10.1. The van der Waals surface area contributed by atoms with Gasteiger partial charge in [0, 0.05) is 18.0 Å². The van der Waals surface area contributed by atoms with Crippen LogP contribution >= 0.6 is 11.6 Å². The number of benzene rings is 1. The summed E-state index contributed by atoms with van der Waals surface area (Å²) < 4.78 is 52.5. The van der Waals surface area contributed by atoms with Crippen LogP contribution in [0.25, 0.3) is 0 Å². The molecule has 0 aromatic heterocycles. The Bertz CT molecular complexity index is 535. The van der Waals surface area contributed by atoms with E-state index in [1.165, 1.54) is 0 Å². The highest BCUT2D eigenvalue weighted by Crippen LogP contribution is 2.17. The Hall–Kier alpha value is -0.720. The van der Waals surface area contributed by atoms with Gasteiger partial charge in [0.2, 0.25) is 10.0 Å². The van der Waals surface area contributed by atoms with Gasteiger partial charge in [-0.3, -0.25) is 0 Å². The maximum atomic E-state index is 13.5. The second-order valence-electron chi connectivity index (χ2n) is 4.68. The van der Waals surface area contributed by atoms with Gasteiger partial charge in [-0.1, -0.05) is 13.8 Å². The Morgan fingerprint density at radius 3 is 2.42 bits per heavy atom. The normalized spacial score (nSPS) is 13.8. The van der Waals surface area contributed by atoms with Crippen LogP contribution in [0.15, 0.2) is 23.1 Å². The molecule has 7 heteroatoms. The average molecular weight is 312 g/mol. The van der Waals surface area contributed by atoms with Gasteiger partial charge in [-0.05, 0) is 24.5 Å². The van der Waals surface area contributed by atoms with E-state index in [-0.39, 0.29) is 11.8 Å². The van der Waals surface area contributed by atoms with Crippen molar-refractivity contribution in [2.75, 3.05) is 5.88 Å². The predicted molar refractivity (Wildman–Crippen MR) is 70.6 cm³/mol. The highest BCUT2D eigenvalue weighted by atomic mass is 35.5. The summed E-state index contributed by atoms with van der Waals surface area (Å²) in [4.78, 5) is -0.576. The third-order valence-electron chi connectivity index (χ3n) is 2.45. The fourth-order valence-electron chi connectivity index (χ4n) is 1.69. The summed E-state index contributed by atoms with van der Waals surface area (Å²) in [5, 5.41) is 0. The first kappa shape index (κ1) is 16.3. The fourth-order valence-corrected chi connectivity index (χ4v) is 3.29. The second-order valence-corrected chi connectivity index (χ2v) is 6.67. The highest BCUT2D eigenvalue weighted by Gasteiger charge is 2.23. The highest BCUT2D eigenvalue weighted by molar-refractivity contribution is 7.89. The van der Waals surface area contributed by atoms with Gasteiger partial charge < -0.3 is 0 Å². The molecule has 1 aromatic rings. The van der Waals surface area contributed by atoms with Crippen molar-refractivity contribution >= 4 is 21.6 Å². The molecule has 0 spiro atoms. The minimum Gasteiger partial charge on any atom is -0.207 e. The lowest BCUT2D eigenvalue weighted by Gasteiger charge is -2.18. The molecule has 0 saturated heterocycles. The maximum Gasteiger partial charge on any atom is 0.243 e. The molecule has 1 N–H and O–H groups in total. The van der Waals surface area contributed by atoms with Gasteiger partial charge in [-0.25, -0.2) is 21.9 Å². The van der Waals surface area contributed by atoms with Crippen molar-refractivity contribution in [3.05, 3.63) is 29.8 Å². The molecule has 0 fully saturated rings. The quantitative estimate of drug-likeness (QED) is 0.821. The standard InChI is InChI=1S/C12H16ClF2NO2S/c1-8(2)5-10(7-13)16-19(17,18)12-4-3-9(14)6-11(12)15/h3-4,6,8,10,16H,5,7H2,1-2H3. The summed E-state index contributed by atoms with van der Waals surface area (Å²) in [5.41, 5.74) is 0. The molecule has 108 valence electrons. The number of hydrogen-bond donors (Lipinski definition) is 1. The van der Waals surface area contributed by atoms with E-state index in [1.54, 1.807) is 0 Å². The van der Waals surface area contributed by atoms with Crippen LogP contribution < -0.4 is 4.72 Å². The second kappa shape index (κ2) is 6.63. The van der Waals surface area contributed by atoms with Crippen LogP contribution in [0.3, 0.4) is 0 Å². The zero-order chi connectivity index (χ0) is 14.6. The van der Waals surface area contributed by atoms with E-state index in [2.05, 4.69) is 4.72 Å². The maximum absolute atomic E-state index is 13.5. The summed E-state index contributed by atoms with van der Waals surface area (Å²) in [5.74, 6) is -1.62. The molecule has 0 aliphatic carbocycles. The molecule has 0 saturated carbocycles. The molecule has 1 atom stereocenters. The molecule has 1 unspecified atom stereocenters. The Morgan fingerprint density at radius 2 is 1.95 bits per heavy atom. The molecular weight excluding hydrogens is 296 g/mol. The first-order valence-corrected chi connectivity index (χ1v) is 7.81. The van der Waals surface area contributed by atoms with Crippen molar-refractivity contribution in [1.29, 1.82) is 0 Å². The van der Waals surface area contributed by atoms with Crippen molar-refractivity contribution in [1.82, 2.24) is 4.72 Å². The molecular formula is C12H16ClF2NO2S. The van der Waals surface area contributed by atoms with E-state index < -0.39 is 32.6 Å². The Labute approximate surface area is 117 Å². The summed E-state index contributed by atoms with van der Waals surface area (Å²) in [6, 6.07) is 1.84. The molecule has 0 amide bonds. The van der Waals surface area contributed by atoms with Crippen LogP contribution in [0.2, 0.25) is 0 Å². The van der Waals surface area contributed by atoms with Crippen LogP contribution in [0, 0.1) is 17.6 Å². The summed E-state index contributed by atoms with van der Waals surface area (Å²) >= 11 is 5.69. The molecule has 1 rings (SSSR count). The predicted octanol–water partition coefficient (Wildman–Crippen LogP) is 2.90. The Balaban J connectivity index is 2.97. The van der Waals surface area contributed by atoms with Gasteiger partial charge in [0.1, 0.15) is 16.5 Å². The van der Waals surface area contributed by atoms with Crippen LogP contribution in [0.4, 0.5) is 8.78 Å². The van der Waals surface area contributed by atoms with Crippen molar-refractivity contribution in [2.45, 2.75) is 31.2 Å². The fraction of sp³-hybridized carbons (Fsp3) is 0.500. The minimum atomic E-state index is -4.04.